The Balaban J connectivity index is 1.59. The highest BCUT2D eigenvalue weighted by Crippen LogP contribution is 2.41. The maximum absolute atomic E-state index is 12.6. The number of amides is 2. The van der Waals surface area contributed by atoms with E-state index in [2.05, 4.69) is 6.07 Å². The molecule has 1 aromatic carbocycles. The fourth-order valence-electron chi connectivity index (χ4n) is 3.55. The van der Waals surface area contributed by atoms with E-state index in [4.69, 9.17) is 10.00 Å². The van der Waals surface area contributed by atoms with Crippen LogP contribution >= 0.6 is 0 Å². The number of methoxy groups -OCH3 is 1. The van der Waals surface area contributed by atoms with E-state index in [1.807, 2.05) is 4.90 Å². The van der Waals surface area contributed by atoms with Crippen molar-refractivity contribution < 1.29 is 14.3 Å². The summed E-state index contributed by atoms with van der Waals surface area (Å²) in [6.07, 6.45) is 1.41. The second-order valence-corrected chi connectivity index (χ2v) is 6.48. The molecule has 2 saturated heterocycles. The van der Waals surface area contributed by atoms with Crippen LogP contribution in [-0.4, -0.2) is 61.5 Å². The third-order valence-electron chi connectivity index (χ3n) is 5.05. The third-order valence-corrected chi connectivity index (χ3v) is 5.05. The molecule has 0 N–H and O–H groups in total. The zero-order chi connectivity index (χ0) is 17.2. The molecule has 0 bridgehead atoms. The molecule has 2 amide bonds. The van der Waals surface area contributed by atoms with Crippen molar-refractivity contribution in [2.75, 3.05) is 39.9 Å². The van der Waals surface area contributed by atoms with Gasteiger partial charge < -0.3 is 14.5 Å². The Hall–Kier alpha value is -2.39. The Kier molecular flexibility index (Phi) is 4.54. The first-order valence-electron chi connectivity index (χ1n) is 8.17. The standard InChI is InChI=1S/C18H21N3O3/c1-24-10-9-21-13-18(17(21)23)5-7-20(8-6-18)16(22)15-4-2-3-14(11-15)12-19/h2-4,11H,5-10,13H2,1H3. The molecule has 1 aromatic rings. The first-order chi connectivity index (χ1) is 11.6. The van der Waals surface area contributed by atoms with Crippen molar-refractivity contribution >= 4 is 11.8 Å². The number of hydrogen-bond donors (Lipinski definition) is 0. The van der Waals surface area contributed by atoms with Gasteiger partial charge in [-0.3, -0.25) is 9.59 Å². The monoisotopic (exact) mass is 327 g/mol. The summed E-state index contributed by atoms with van der Waals surface area (Å²) in [4.78, 5) is 28.6. The first kappa shape index (κ1) is 16.5. The number of ether oxygens (including phenoxy) is 1. The number of hydrogen-bond acceptors (Lipinski definition) is 4. The Bertz CT molecular complexity index is 687. The molecule has 0 atom stereocenters. The maximum atomic E-state index is 12.6. The van der Waals surface area contributed by atoms with Gasteiger partial charge in [0.05, 0.1) is 23.7 Å². The lowest BCUT2D eigenvalue weighted by molar-refractivity contribution is -0.165. The number of piperidine rings is 1. The molecule has 1 spiro atoms. The summed E-state index contributed by atoms with van der Waals surface area (Å²) in [5, 5.41) is 8.95. The predicted octanol–water partition coefficient (Wildman–Crippen LogP) is 1.27. The number of benzene rings is 1. The molecule has 126 valence electrons. The second-order valence-electron chi connectivity index (χ2n) is 6.48. The summed E-state index contributed by atoms with van der Waals surface area (Å²) >= 11 is 0. The zero-order valence-electron chi connectivity index (χ0n) is 13.8. The lowest BCUT2D eigenvalue weighted by Crippen LogP contribution is -2.65. The summed E-state index contributed by atoms with van der Waals surface area (Å²) in [6.45, 7) is 3.13. The second kappa shape index (κ2) is 6.62. The van der Waals surface area contributed by atoms with Gasteiger partial charge in [0.1, 0.15) is 0 Å². The molecule has 2 fully saturated rings. The quantitative estimate of drug-likeness (QED) is 0.781. The van der Waals surface area contributed by atoms with Gasteiger partial charge in [-0.1, -0.05) is 6.07 Å². The van der Waals surface area contributed by atoms with Crippen molar-refractivity contribution in [1.82, 2.24) is 9.80 Å². The molecule has 0 aliphatic carbocycles. The smallest absolute Gasteiger partial charge is 0.253 e. The summed E-state index contributed by atoms with van der Waals surface area (Å²) in [7, 11) is 1.63. The van der Waals surface area contributed by atoms with Crippen molar-refractivity contribution in [3.63, 3.8) is 0 Å². The number of nitrogens with zero attached hydrogens (tertiary/aromatic N) is 3. The average molecular weight is 327 g/mol. The lowest BCUT2D eigenvalue weighted by atomic mass is 9.71. The van der Waals surface area contributed by atoms with Crippen molar-refractivity contribution in [2.24, 2.45) is 5.41 Å². The van der Waals surface area contributed by atoms with Gasteiger partial charge in [-0.2, -0.15) is 5.26 Å². The summed E-state index contributed by atoms with van der Waals surface area (Å²) in [6, 6.07) is 8.81. The van der Waals surface area contributed by atoms with E-state index in [9.17, 15) is 9.59 Å². The molecule has 0 unspecified atom stereocenters. The summed E-state index contributed by atoms with van der Waals surface area (Å²) in [5.41, 5.74) is 0.739. The topological polar surface area (TPSA) is 73.6 Å². The van der Waals surface area contributed by atoms with Gasteiger partial charge in [-0.15, -0.1) is 0 Å². The van der Waals surface area contributed by atoms with Crippen LogP contribution in [0.2, 0.25) is 0 Å². The van der Waals surface area contributed by atoms with E-state index in [1.54, 1.807) is 36.3 Å². The van der Waals surface area contributed by atoms with E-state index in [-0.39, 0.29) is 17.2 Å². The number of rotatable bonds is 4. The molecule has 0 aromatic heterocycles. The van der Waals surface area contributed by atoms with E-state index in [0.717, 1.165) is 6.54 Å². The van der Waals surface area contributed by atoms with Crippen molar-refractivity contribution in [1.29, 1.82) is 5.26 Å². The Morgan fingerprint density at radius 2 is 2.12 bits per heavy atom. The fourth-order valence-corrected chi connectivity index (χ4v) is 3.55. The van der Waals surface area contributed by atoms with Crippen LogP contribution in [0.3, 0.4) is 0 Å². The molecular weight excluding hydrogens is 306 g/mol. The molecule has 2 aliphatic heterocycles. The molecule has 0 radical (unpaired) electrons. The molecule has 6 nitrogen and oxygen atoms in total. The first-order valence-corrected chi connectivity index (χ1v) is 8.17. The van der Waals surface area contributed by atoms with Crippen LogP contribution < -0.4 is 0 Å². The van der Waals surface area contributed by atoms with E-state index in [1.165, 1.54) is 0 Å². The zero-order valence-corrected chi connectivity index (χ0v) is 13.8. The van der Waals surface area contributed by atoms with Gasteiger partial charge in [0.2, 0.25) is 5.91 Å². The molecule has 6 heteroatoms. The summed E-state index contributed by atoms with van der Waals surface area (Å²) in [5.74, 6) is 0.128. The lowest BCUT2D eigenvalue weighted by Gasteiger charge is -2.52. The van der Waals surface area contributed by atoms with Crippen LogP contribution in [0.4, 0.5) is 0 Å². The van der Waals surface area contributed by atoms with Gasteiger partial charge in [-0.05, 0) is 31.0 Å². The van der Waals surface area contributed by atoms with Gasteiger partial charge in [-0.25, -0.2) is 0 Å². The van der Waals surface area contributed by atoms with Crippen LogP contribution in [0.5, 0.6) is 0 Å². The number of β-lactam (4-membered cyclic amide) rings is 1. The average Bonchev–Trinajstić information content (AvgIpc) is 2.64. The van der Waals surface area contributed by atoms with Crippen molar-refractivity contribution in [3.8, 4) is 6.07 Å². The SMILES string of the molecule is COCCN1CC2(CCN(C(=O)c3cccc(C#N)c3)CC2)C1=O. The largest absolute Gasteiger partial charge is 0.383 e. The van der Waals surface area contributed by atoms with Crippen LogP contribution in [0.15, 0.2) is 24.3 Å². The normalized spacial score (nSPS) is 19.1. The molecule has 24 heavy (non-hydrogen) atoms. The highest BCUT2D eigenvalue weighted by Gasteiger charge is 2.53. The van der Waals surface area contributed by atoms with Crippen LogP contribution in [0, 0.1) is 16.7 Å². The minimum Gasteiger partial charge on any atom is -0.383 e. The van der Waals surface area contributed by atoms with Gasteiger partial charge in [0.15, 0.2) is 0 Å². The highest BCUT2D eigenvalue weighted by atomic mass is 16.5. The van der Waals surface area contributed by atoms with E-state index in [0.29, 0.717) is 50.2 Å². The minimum absolute atomic E-state index is 0.0649. The number of likely N-dealkylation sites (tertiary alicyclic amines) is 2. The third kappa shape index (κ3) is 2.87. The predicted molar refractivity (Wildman–Crippen MR) is 87.2 cm³/mol. The van der Waals surface area contributed by atoms with Gasteiger partial charge in [0, 0.05) is 38.9 Å². The molecule has 3 rings (SSSR count). The van der Waals surface area contributed by atoms with Crippen molar-refractivity contribution in [3.05, 3.63) is 35.4 Å². The number of nitriles is 1. The van der Waals surface area contributed by atoms with Crippen molar-refractivity contribution in [2.45, 2.75) is 12.8 Å². The maximum Gasteiger partial charge on any atom is 0.253 e. The van der Waals surface area contributed by atoms with Crippen LogP contribution in [-0.2, 0) is 9.53 Å². The summed E-state index contributed by atoms with van der Waals surface area (Å²) < 4.78 is 5.02. The molecule has 2 aliphatic rings. The molecule has 0 saturated carbocycles. The Morgan fingerprint density at radius 1 is 1.38 bits per heavy atom. The minimum atomic E-state index is -0.279. The molecular formula is C18H21N3O3. The van der Waals surface area contributed by atoms with Gasteiger partial charge >= 0.3 is 0 Å². The molecule has 2 heterocycles. The van der Waals surface area contributed by atoms with E-state index < -0.39 is 0 Å². The Labute approximate surface area is 141 Å². The fraction of sp³-hybridized carbons (Fsp3) is 0.500. The number of carbonyl (C=O) groups is 2. The van der Waals surface area contributed by atoms with Crippen LogP contribution in [0.1, 0.15) is 28.8 Å². The number of carbonyl (C=O) groups excluding carboxylic acids is 2. The highest BCUT2D eigenvalue weighted by molar-refractivity contribution is 5.95. The van der Waals surface area contributed by atoms with Crippen LogP contribution in [0.25, 0.3) is 0 Å². The van der Waals surface area contributed by atoms with E-state index >= 15 is 0 Å². The Morgan fingerprint density at radius 3 is 2.75 bits per heavy atom. The van der Waals surface area contributed by atoms with Gasteiger partial charge in [0.25, 0.3) is 5.91 Å².